The van der Waals surface area contributed by atoms with Crippen LogP contribution < -0.4 is 16.2 Å². The highest BCUT2D eigenvalue weighted by Gasteiger charge is 2.13. The van der Waals surface area contributed by atoms with Gasteiger partial charge in [0.25, 0.3) is 11.5 Å². The molecule has 39 heavy (non-hydrogen) atoms. The van der Waals surface area contributed by atoms with E-state index in [2.05, 4.69) is 25.7 Å². The molecule has 0 atom stereocenters. The lowest BCUT2D eigenvalue weighted by Crippen LogP contribution is -2.34. The van der Waals surface area contributed by atoms with Crippen LogP contribution in [0.5, 0.6) is 0 Å². The molecule has 0 aliphatic rings. The minimum atomic E-state index is -1.02. The van der Waals surface area contributed by atoms with Gasteiger partial charge in [-0.1, -0.05) is 42.5 Å². The smallest absolute Gasteiger partial charge is 0.279 e. The van der Waals surface area contributed by atoms with Crippen molar-refractivity contribution in [2.75, 3.05) is 11.9 Å². The molecular weight excluding hydrogens is 502 g/mol. The number of aromatic nitrogens is 4. The van der Waals surface area contributed by atoms with Crippen molar-refractivity contribution in [3.8, 4) is 0 Å². The zero-order valence-electron chi connectivity index (χ0n) is 20.5. The molecule has 10 heteroatoms. The standard InChI is InChI=1S/C29H22F2N6O2/c30-24-10-8-20(16-25(24)31)18-37-28(39)23(12-14-34-37)27(38)32-13-4-5-19-9-11-26-21(15-19)17-33-29(36-26)35-22-6-2-1-3-7-22/h1-12,14-17H,13,18H2,(H,32,38)(H,33,35,36). The third-order valence-corrected chi connectivity index (χ3v) is 5.80. The van der Waals surface area contributed by atoms with Crippen molar-refractivity contribution in [1.29, 1.82) is 0 Å². The SMILES string of the molecule is O=C(NCC=Cc1ccc2nc(Nc3ccccc3)ncc2c1)c1ccnn(Cc2ccc(F)c(F)c2)c1=O. The molecule has 0 aliphatic carbocycles. The molecule has 5 aromatic rings. The van der Waals surface area contributed by atoms with Gasteiger partial charge < -0.3 is 10.6 Å². The quantitative estimate of drug-likeness (QED) is 0.305. The van der Waals surface area contributed by atoms with Crippen LogP contribution in [0.3, 0.4) is 0 Å². The number of para-hydroxylation sites is 1. The molecule has 2 heterocycles. The lowest BCUT2D eigenvalue weighted by Gasteiger charge is -2.07. The summed E-state index contributed by atoms with van der Waals surface area (Å²) in [6.45, 7) is 0.0742. The Hall–Kier alpha value is -5.25. The summed E-state index contributed by atoms with van der Waals surface area (Å²) in [5.41, 5.74) is 2.16. The summed E-state index contributed by atoms with van der Waals surface area (Å²) in [6, 6.07) is 20.0. The highest BCUT2D eigenvalue weighted by atomic mass is 19.2. The van der Waals surface area contributed by atoms with Crippen LogP contribution in [-0.2, 0) is 6.54 Å². The molecule has 5 rings (SSSR count). The normalized spacial score (nSPS) is 11.1. The number of halogens is 2. The number of carbonyl (C=O) groups is 1. The van der Waals surface area contributed by atoms with Crippen LogP contribution in [-0.4, -0.2) is 32.2 Å². The van der Waals surface area contributed by atoms with Crippen molar-refractivity contribution in [2.24, 2.45) is 0 Å². The number of carbonyl (C=O) groups excluding carboxylic acids is 1. The Bertz CT molecular complexity index is 1740. The average Bonchev–Trinajstić information content (AvgIpc) is 2.94. The number of nitrogens with one attached hydrogen (secondary N) is 2. The molecule has 8 nitrogen and oxygen atoms in total. The maximum Gasteiger partial charge on any atom is 0.279 e. The maximum absolute atomic E-state index is 13.5. The van der Waals surface area contributed by atoms with Gasteiger partial charge in [0.15, 0.2) is 11.6 Å². The Labute approximate surface area is 221 Å². The summed E-state index contributed by atoms with van der Waals surface area (Å²) >= 11 is 0. The van der Waals surface area contributed by atoms with Gasteiger partial charge in [-0.3, -0.25) is 9.59 Å². The van der Waals surface area contributed by atoms with E-state index in [-0.39, 0.29) is 18.7 Å². The number of anilines is 2. The summed E-state index contributed by atoms with van der Waals surface area (Å²) in [4.78, 5) is 34.2. The van der Waals surface area contributed by atoms with Gasteiger partial charge in [0.05, 0.1) is 12.1 Å². The number of fused-ring (bicyclic) bond motifs is 1. The second kappa shape index (κ2) is 11.4. The van der Waals surface area contributed by atoms with E-state index in [1.807, 2.05) is 54.6 Å². The van der Waals surface area contributed by atoms with Crippen molar-refractivity contribution in [2.45, 2.75) is 6.54 Å². The first-order valence-electron chi connectivity index (χ1n) is 12.0. The molecule has 0 saturated heterocycles. The van der Waals surface area contributed by atoms with Crippen LogP contribution in [0.2, 0.25) is 0 Å². The molecule has 2 N–H and O–H groups in total. The molecule has 0 unspecified atom stereocenters. The average molecular weight is 525 g/mol. The highest BCUT2D eigenvalue weighted by Crippen LogP contribution is 2.18. The third-order valence-electron chi connectivity index (χ3n) is 5.80. The van der Waals surface area contributed by atoms with Crippen LogP contribution in [0, 0.1) is 11.6 Å². The zero-order chi connectivity index (χ0) is 27.2. The van der Waals surface area contributed by atoms with Gasteiger partial charge in [0.1, 0.15) is 5.56 Å². The monoisotopic (exact) mass is 524 g/mol. The summed E-state index contributed by atoms with van der Waals surface area (Å²) in [6.07, 6.45) is 6.64. The first-order chi connectivity index (χ1) is 19.0. The van der Waals surface area contributed by atoms with E-state index in [9.17, 15) is 18.4 Å². The summed E-state index contributed by atoms with van der Waals surface area (Å²) < 4.78 is 27.7. The third kappa shape index (κ3) is 6.19. The van der Waals surface area contributed by atoms with Gasteiger partial charge in [-0.2, -0.15) is 5.10 Å². The van der Waals surface area contributed by atoms with Crippen LogP contribution in [0.4, 0.5) is 20.4 Å². The summed E-state index contributed by atoms with van der Waals surface area (Å²) in [7, 11) is 0. The second-order valence-corrected chi connectivity index (χ2v) is 8.57. The molecule has 0 fully saturated rings. The van der Waals surface area contributed by atoms with Crippen molar-refractivity contribution >= 4 is 34.5 Å². The van der Waals surface area contributed by atoms with Crippen LogP contribution in [0.15, 0.2) is 96.1 Å². The summed E-state index contributed by atoms with van der Waals surface area (Å²) in [5.74, 6) is -2.08. The van der Waals surface area contributed by atoms with Gasteiger partial charge in [-0.15, -0.1) is 0 Å². The molecule has 0 aliphatic heterocycles. The Morgan fingerprint density at radius 1 is 0.974 bits per heavy atom. The van der Waals surface area contributed by atoms with Gasteiger partial charge in [-0.25, -0.2) is 23.4 Å². The van der Waals surface area contributed by atoms with E-state index in [0.717, 1.165) is 39.0 Å². The van der Waals surface area contributed by atoms with E-state index in [4.69, 9.17) is 0 Å². The maximum atomic E-state index is 13.5. The predicted molar refractivity (Wildman–Crippen MR) is 145 cm³/mol. The largest absolute Gasteiger partial charge is 0.348 e. The molecule has 0 bridgehead atoms. The fraction of sp³-hybridized carbons (Fsp3) is 0.0690. The number of benzene rings is 3. The van der Waals surface area contributed by atoms with Crippen molar-refractivity contribution in [3.05, 3.63) is 130 Å². The van der Waals surface area contributed by atoms with Gasteiger partial charge in [-0.05, 0) is 53.6 Å². The molecule has 0 spiro atoms. The van der Waals surface area contributed by atoms with Crippen LogP contribution >= 0.6 is 0 Å². The zero-order valence-corrected chi connectivity index (χ0v) is 20.5. The van der Waals surface area contributed by atoms with Gasteiger partial charge >= 0.3 is 0 Å². The fourth-order valence-electron chi connectivity index (χ4n) is 3.86. The number of rotatable bonds is 8. The van der Waals surface area contributed by atoms with E-state index >= 15 is 0 Å². The lowest BCUT2D eigenvalue weighted by molar-refractivity contribution is 0.0955. The number of amides is 1. The number of nitrogens with zero attached hydrogens (tertiary/aromatic N) is 4. The Morgan fingerprint density at radius 2 is 1.82 bits per heavy atom. The fourth-order valence-corrected chi connectivity index (χ4v) is 3.86. The first kappa shape index (κ1) is 25.4. The number of hydrogen-bond acceptors (Lipinski definition) is 6. The van der Waals surface area contributed by atoms with Gasteiger partial charge in [0.2, 0.25) is 5.95 Å². The molecule has 0 radical (unpaired) electrons. The van der Waals surface area contributed by atoms with Crippen LogP contribution in [0.1, 0.15) is 21.5 Å². The minimum Gasteiger partial charge on any atom is -0.348 e. The molecule has 194 valence electrons. The van der Waals surface area contributed by atoms with E-state index in [1.54, 1.807) is 12.3 Å². The van der Waals surface area contributed by atoms with E-state index in [0.29, 0.717) is 11.5 Å². The molecule has 0 saturated carbocycles. The molecule has 3 aromatic carbocycles. The topological polar surface area (TPSA) is 102 Å². The van der Waals surface area contributed by atoms with Gasteiger partial charge in [0, 0.05) is 30.0 Å². The number of hydrogen-bond donors (Lipinski definition) is 2. The second-order valence-electron chi connectivity index (χ2n) is 8.57. The molecular formula is C29H22F2N6O2. The Morgan fingerprint density at radius 3 is 2.64 bits per heavy atom. The van der Waals surface area contributed by atoms with Crippen molar-refractivity contribution in [3.63, 3.8) is 0 Å². The predicted octanol–water partition coefficient (Wildman–Crippen LogP) is 4.70. The van der Waals surface area contributed by atoms with Crippen molar-refractivity contribution < 1.29 is 13.6 Å². The Balaban J connectivity index is 1.20. The summed E-state index contributed by atoms with van der Waals surface area (Å²) in [5, 5.41) is 10.6. The van der Waals surface area contributed by atoms with Crippen molar-refractivity contribution in [1.82, 2.24) is 25.1 Å². The molecule has 2 aromatic heterocycles. The Kier molecular flexibility index (Phi) is 7.44. The molecule has 1 amide bonds. The lowest BCUT2D eigenvalue weighted by atomic mass is 10.1. The minimum absolute atomic E-state index is 0.105. The first-order valence-corrected chi connectivity index (χ1v) is 12.0. The van der Waals surface area contributed by atoms with E-state index in [1.165, 1.54) is 18.3 Å². The van der Waals surface area contributed by atoms with E-state index < -0.39 is 23.1 Å². The highest BCUT2D eigenvalue weighted by molar-refractivity contribution is 5.93. The van der Waals surface area contributed by atoms with Crippen LogP contribution in [0.25, 0.3) is 17.0 Å².